The molecule has 1 fully saturated rings. The molecule has 9 heteroatoms. The molecule has 1 atom stereocenters. The average Bonchev–Trinajstić information content (AvgIpc) is 3.38. The molecule has 2 aliphatic heterocycles. The molecule has 5 rings (SSSR count). The number of amides is 4. The number of furan rings is 1. The van der Waals surface area contributed by atoms with Crippen LogP contribution in [0.3, 0.4) is 0 Å². The Morgan fingerprint density at radius 1 is 1.09 bits per heavy atom. The molecule has 168 valence electrons. The lowest BCUT2D eigenvalue weighted by Crippen LogP contribution is -2.48. The van der Waals surface area contributed by atoms with Crippen LogP contribution < -0.4 is 15.4 Å². The van der Waals surface area contributed by atoms with Crippen molar-refractivity contribution in [1.82, 2.24) is 15.5 Å². The monoisotopic (exact) mass is 465 g/mol. The third-order valence-electron chi connectivity index (χ3n) is 5.81. The standard InChI is InChI=1S/C24H20ClN3O5/c25-16-7-5-15(6-8-16)19-10-9-17(33-19)13-26-21(29)14-28-22(30)24(27-23(28)31)11-12-32-20-4-2-1-3-18(20)24/h1-10H,11-14H2,(H,26,29)(H,27,31). The topological polar surface area (TPSA) is 101 Å². The molecule has 2 N–H and O–H groups in total. The first-order valence-corrected chi connectivity index (χ1v) is 10.8. The molecule has 1 spiro atoms. The predicted octanol–water partition coefficient (Wildman–Crippen LogP) is 3.45. The van der Waals surface area contributed by atoms with Gasteiger partial charge in [-0.15, -0.1) is 0 Å². The molecule has 0 bridgehead atoms. The van der Waals surface area contributed by atoms with E-state index in [1.54, 1.807) is 48.5 Å². The molecule has 4 amide bonds. The molecule has 0 saturated carbocycles. The van der Waals surface area contributed by atoms with E-state index in [1.807, 2.05) is 12.1 Å². The lowest BCUT2D eigenvalue weighted by atomic mass is 9.84. The first kappa shape index (κ1) is 21.1. The highest BCUT2D eigenvalue weighted by Crippen LogP contribution is 2.40. The number of benzene rings is 2. The molecule has 3 heterocycles. The number of carbonyl (C=O) groups is 3. The highest BCUT2D eigenvalue weighted by atomic mass is 35.5. The Hall–Kier alpha value is -3.78. The van der Waals surface area contributed by atoms with E-state index >= 15 is 0 Å². The summed E-state index contributed by atoms with van der Waals surface area (Å²) < 4.78 is 11.4. The molecule has 3 aromatic rings. The maximum absolute atomic E-state index is 13.2. The van der Waals surface area contributed by atoms with Gasteiger partial charge < -0.3 is 19.8 Å². The zero-order chi connectivity index (χ0) is 23.0. The normalized spacial score (nSPS) is 19.2. The molecular formula is C24H20ClN3O5. The fourth-order valence-electron chi connectivity index (χ4n) is 4.14. The van der Waals surface area contributed by atoms with Gasteiger partial charge in [0.2, 0.25) is 5.91 Å². The summed E-state index contributed by atoms with van der Waals surface area (Å²) in [7, 11) is 0. The van der Waals surface area contributed by atoms with Crippen LogP contribution in [0.4, 0.5) is 4.79 Å². The van der Waals surface area contributed by atoms with E-state index in [0.717, 1.165) is 10.5 Å². The Morgan fingerprint density at radius 2 is 1.88 bits per heavy atom. The molecule has 2 aliphatic rings. The van der Waals surface area contributed by atoms with Crippen LogP contribution in [-0.2, 0) is 21.7 Å². The van der Waals surface area contributed by atoms with E-state index in [4.69, 9.17) is 20.8 Å². The molecule has 8 nitrogen and oxygen atoms in total. The SMILES string of the molecule is O=C(CN1C(=O)NC2(CCOc3ccccc32)C1=O)NCc1ccc(-c2ccc(Cl)cc2)o1. The second-order valence-electron chi connectivity index (χ2n) is 7.87. The van der Waals surface area contributed by atoms with Gasteiger partial charge in [0.25, 0.3) is 5.91 Å². The number of fused-ring (bicyclic) bond motifs is 2. The van der Waals surface area contributed by atoms with E-state index in [-0.39, 0.29) is 19.7 Å². The Morgan fingerprint density at radius 3 is 2.70 bits per heavy atom. The van der Waals surface area contributed by atoms with E-state index in [0.29, 0.717) is 34.3 Å². The van der Waals surface area contributed by atoms with Crippen molar-refractivity contribution in [1.29, 1.82) is 0 Å². The second kappa shape index (κ2) is 8.29. The molecule has 2 aromatic carbocycles. The van der Waals surface area contributed by atoms with Crippen molar-refractivity contribution in [2.45, 2.75) is 18.5 Å². The zero-order valence-electron chi connectivity index (χ0n) is 17.5. The van der Waals surface area contributed by atoms with Crippen LogP contribution in [-0.4, -0.2) is 35.9 Å². The molecule has 1 aromatic heterocycles. The number of ether oxygens (including phenoxy) is 1. The minimum Gasteiger partial charge on any atom is -0.493 e. The Bertz CT molecular complexity index is 1240. The first-order chi connectivity index (χ1) is 16.0. The van der Waals surface area contributed by atoms with Gasteiger partial charge in [-0.25, -0.2) is 4.79 Å². The fourth-order valence-corrected chi connectivity index (χ4v) is 4.27. The van der Waals surface area contributed by atoms with E-state index in [9.17, 15) is 14.4 Å². The summed E-state index contributed by atoms with van der Waals surface area (Å²) in [5, 5.41) is 6.11. The summed E-state index contributed by atoms with van der Waals surface area (Å²) in [5.41, 5.74) is 0.252. The lowest BCUT2D eigenvalue weighted by Gasteiger charge is -2.33. The van der Waals surface area contributed by atoms with E-state index in [1.165, 1.54) is 0 Å². The minimum atomic E-state index is -1.21. The fraction of sp³-hybridized carbons (Fsp3) is 0.208. The second-order valence-corrected chi connectivity index (χ2v) is 8.31. The van der Waals surface area contributed by atoms with Gasteiger partial charge in [-0.05, 0) is 42.5 Å². The molecule has 0 radical (unpaired) electrons. The number of rotatable bonds is 5. The summed E-state index contributed by atoms with van der Waals surface area (Å²) >= 11 is 5.91. The number of nitrogens with zero attached hydrogens (tertiary/aromatic N) is 1. The lowest BCUT2D eigenvalue weighted by molar-refractivity contribution is -0.136. The molecule has 33 heavy (non-hydrogen) atoms. The van der Waals surface area contributed by atoms with Gasteiger partial charge in [0.1, 0.15) is 23.8 Å². The Kier molecular flexibility index (Phi) is 5.30. The first-order valence-electron chi connectivity index (χ1n) is 10.4. The van der Waals surface area contributed by atoms with Crippen LogP contribution in [0, 0.1) is 0 Å². The number of halogens is 1. The van der Waals surface area contributed by atoms with E-state index in [2.05, 4.69) is 10.6 Å². The van der Waals surface area contributed by atoms with Gasteiger partial charge in [0.05, 0.1) is 13.2 Å². The number of urea groups is 1. The highest BCUT2D eigenvalue weighted by molar-refractivity contribution is 6.30. The number of hydrogen-bond acceptors (Lipinski definition) is 5. The largest absolute Gasteiger partial charge is 0.493 e. The van der Waals surface area contributed by atoms with Crippen molar-refractivity contribution in [2.24, 2.45) is 0 Å². The van der Waals surface area contributed by atoms with Gasteiger partial charge in [-0.1, -0.05) is 29.8 Å². The summed E-state index contributed by atoms with van der Waals surface area (Å²) in [6.07, 6.45) is 0.298. The van der Waals surface area contributed by atoms with Crippen molar-refractivity contribution in [3.63, 3.8) is 0 Å². The minimum absolute atomic E-state index is 0.123. The maximum atomic E-state index is 13.2. The molecule has 1 saturated heterocycles. The number of nitrogens with one attached hydrogen (secondary N) is 2. The Labute approximate surface area is 194 Å². The van der Waals surface area contributed by atoms with Gasteiger partial charge in [0, 0.05) is 22.6 Å². The third-order valence-corrected chi connectivity index (χ3v) is 6.06. The number of carbonyl (C=O) groups excluding carboxylic acids is 3. The van der Waals surface area contributed by atoms with Crippen LogP contribution in [0.15, 0.2) is 65.1 Å². The average molecular weight is 466 g/mol. The molecular weight excluding hydrogens is 446 g/mol. The Balaban J connectivity index is 1.24. The van der Waals surface area contributed by atoms with Crippen molar-refractivity contribution in [3.8, 4) is 17.1 Å². The summed E-state index contributed by atoms with van der Waals surface area (Å²) in [6, 6.07) is 17.3. The van der Waals surface area contributed by atoms with Crippen LogP contribution in [0.2, 0.25) is 5.02 Å². The van der Waals surface area contributed by atoms with Gasteiger partial charge in [-0.2, -0.15) is 0 Å². The summed E-state index contributed by atoms with van der Waals surface area (Å²) in [6.45, 7) is 0.0234. The number of hydrogen-bond donors (Lipinski definition) is 2. The quantitative estimate of drug-likeness (QED) is 0.562. The molecule has 1 unspecified atom stereocenters. The highest BCUT2D eigenvalue weighted by Gasteiger charge is 2.55. The molecule has 0 aliphatic carbocycles. The number of para-hydroxylation sites is 1. The van der Waals surface area contributed by atoms with Gasteiger partial charge >= 0.3 is 6.03 Å². The maximum Gasteiger partial charge on any atom is 0.325 e. The smallest absolute Gasteiger partial charge is 0.325 e. The number of imide groups is 1. The van der Waals surface area contributed by atoms with Gasteiger partial charge in [0.15, 0.2) is 5.54 Å². The van der Waals surface area contributed by atoms with Crippen molar-refractivity contribution >= 4 is 29.4 Å². The van der Waals surface area contributed by atoms with E-state index < -0.39 is 23.4 Å². The van der Waals surface area contributed by atoms with Crippen LogP contribution in [0.1, 0.15) is 17.7 Å². The zero-order valence-corrected chi connectivity index (χ0v) is 18.2. The van der Waals surface area contributed by atoms with Crippen molar-refractivity contribution in [2.75, 3.05) is 13.2 Å². The van der Waals surface area contributed by atoms with Crippen LogP contribution >= 0.6 is 11.6 Å². The van der Waals surface area contributed by atoms with Gasteiger partial charge in [-0.3, -0.25) is 14.5 Å². The van der Waals surface area contributed by atoms with Crippen LogP contribution in [0.5, 0.6) is 5.75 Å². The summed E-state index contributed by atoms with van der Waals surface area (Å²) in [5.74, 6) is 0.810. The summed E-state index contributed by atoms with van der Waals surface area (Å²) in [4.78, 5) is 39.3. The van der Waals surface area contributed by atoms with Crippen LogP contribution in [0.25, 0.3) is 11.3 Å². The van der Waals surface area contributed by atoms with Crippen molar-refractivity contribution < 1.29 is 23.5 Å². The van der Waals surface area contributed by atoms with Crippen molar-refractivity contribution in [3.05, 3.63) is 77.0 Å². The third kappa shape index (κ3) is 3.82. The predicted molar refractivity (Wildman–Crippen MR) is 119 cm³/mol.